The van der Waals surface area contributed by atoms with Gasteiger partial charge in [-0.1, -0.05) is 72.3 Å². The highest BCUT2D eigenvalue weighted by Crippen LogP contribution is 2.35. The van der Waals surface area contributed by atoms with Gasteiger partial charge in [0.2, 0.25) is 0 Å². The number of methoxy groups -OCH3 is 1. The van der Waals surface area contributed by atoms with Gasteiger partial charge < -0.3 is 19.5 Å². The Balaban J connectivity index is 1.27. The summed E-state index contributed by atoms with van der Waals surface area (Å²) < 4.78 is 7.78. The second kappa shape index (κ2) is 12.0. The normalized spacial score (nSPS) is 12.2. The fraction of sp³-hybridized carbons (Fsp3) is 0.189. The van der Waals surface area contributed by atoms with Crippen LogP contribution < -0.4 is 15.0 Å². The third-order valence-electron chi connectivity index (χ3n) is 8.18. The zero-order valence-electron chi connectivity index (χ0n) is 24.8. The number of aromatic nitrogens is 1. The average Bonchev–Trinajstić information content (AvgIpc) is 3.34. The highest BCUT2D eigenvalue weighted by molar-refractivity contribution is 6.07. The summed E-state index contributed by atoms with van der Waals surface area (Å²) >= 11 is 0. The minimum absolute atomic E-state index is 0.118. The van der Waals surface area contributed by atoms with E-state index < -0.39 is 0 Å². The van der Waals surface area contributed by atoms with Gasteiger partial charge in [0, 0.05) is 29.1 Å². The lowest BCUT2D eigenvalue weighted by Crippen LogP contribution is -2.31. The van der Waals surface area contributed by atoms with Gasteiger partial charge >= 0.3 is 0 Å². The molecule has 2 heterocycles. The summed E-state index contributed by atoms with van der Waals surface area (Å²) in [5, 5.41) is 3.08. The molecule has 0 atom stereocenters. The molecule has 2 amide bonds. The molecular formula is C37H35N3O3. The van der Waals surface area contributed by atoms with Gasteiger partial charge in [-0.05, 0) is 78.9 Å². The van der Waals surface area contributed by atoms with Gasteiger partial charge in [0.1, 0.15) is 11.4 Å². The number of nitrogens with zero attached hydrogens (tertiary/aromatic N) is 2. The van der Waals surface area contributed by atoms with Crippen LogP contribution in [0.25, 0.3) is 11.1 Å². The molecule has 6 nitrogen and oxygen atoms in total. The number of rotatable bonds is 7. The van der Waals surface area contributed by atoms with Crippen LogP contribution in [0.4, 0.5) is 5.69 Å². The molecule has 1 aromatic heterocycles. The Morgan fingerprint density at radius 2 is 1.58 bits per heavy atom. The molecule has 0 radical (unpaired) electrons. The summed E-state index contributed by atoms with van der Waals surface area (Å²) in [7, 11) is 1.63. The zero-order valence-corrected chi connectivity index (χ0v) is 24.8. The van der Waals surface area contributed by atoms with Gasteiger partial charge in [0.15, 0.2) is 0 Å². The molecule has 216 valence electrons. The van der Waals surface area contributed by atoms with Gasteiger partial charge in [0.05, 0.1) is 20.2 Å². The molecule has 0 bridgehead atoms. The predicted octanol–water partition coefficient (Wildman–Crippen LogP) is 6.96. The number of fused-ring (bicyclic) bond motifs is 2. The number of anilines is 1. The molecule has 6 heteroatoms. The van der Waals surface area contributed by atoms with E-state index >= 15 is 0 Å². The second-order valence-electron chi connectivity index (χ2n) is 11.0. The van der Waals surface area contributed by atoms with E-state index in [4.69, 9.17) is 4.74 Å². The third kappa shape index (κ3) is 5.69. The van der Waals surface area contributed by atoms with Crippen LogP contribution >= 0.6 is 0 Å². The Bertz CT molecular complexity index is 1800. The number of aryl methyl sites for hydroxylation is 2. The van der Waals surface area contributed by atoms with Crippen molar-refractivity contribution in [3.8, 4) is 16.9 Å². The second-order valence-corrected chi connectivity index (χ2v) is 11.0. The number of ether oxygens (including phenoxy) is 1. The summed E-state index contributed by atoms with van der Waals surface area (Å²) in [5.41, 5.74) is 9.40. The third-order valence-corrected chi connectivity index (χ3v) is 8.18. The van der Waals surface area contributed by atoms with Crippen LogP contribution in [0.3, 0.4) is 0 Å². The Kier molecular flexibility index (Phi) is 7.84. The molecule has 0 fully saturated rings. The Hall–Kier alpha value is -5.10. The molecule has 0 unspecified atom stereocenters. The molecule has 1 aliphatic heterocycles. The first kappa shape index (κ1) is 28.0. The maximum atomic E-state index is 14.1. The number of benzene rings is 4. The molecule has 0 saturated carbocycles. The molecule has 6 rings (SSSR count). The van der Waals surface area contributed by atoms with Crippen molar-refractivity contribution < 1.29 is 14.3 Å². The topological polar surface area (TPSA) is 63.6 Å². The molecule has 0 aliphatic carbocycles. The van der Waals surface area contributed by atoms with Crippen LogP contribution in [0, 0.1) is 13.8 Å². The van der Waals surface area contributed by atoms with Crippen molar-refractivity contribution in [2.75, 3.05) is 18.6 Å². The number of para-hydroxylation sites is 1. The number of hydrogen-bond acceptors (Lipinski definition) is 3. The van der Waals surface area contributed by atoms with Crippen molar-refractivity contribution in [3.05, 3.63) is 142 Å². The Morgan fingerprint density at radius 3 is 2.37 bits per heavy atom. The number of carbonyl (C=O) groups is 2. The van der Waals surface area contributed by atoms with E-state index in [-0.39, 0.29) is 11.8 Å². The van der Waals surface area contributed by atoms with Crippen molar-refractivity contribution >= 4 is 17.5 Å². The van der Waals surface area contributed by atoms with Gasteiger partial charge in [-0.3, -0.25) is 9.59 Å². The summed E-state index contributed by atoms with van der Waals surface area (Å²) in [5.74, 6) is 0.407. The molecule has 43 heavy (non-hydrogen) atoms. The van der Waals surface area contributed by atoms with Gasteiger partial charge in [0.25, 0.3) is 11.8 Å². The van der Waals surface area contributed by atoms with Gasteiger partial charge in [-0.15, -0.1) is 0 Å². The standard InChI is InChI=1S/C37H35N3O3/c1-25-12-14-27(15-13-25)20-21-38-36(41)34-19-17-30-24-40(33-11-7-5-9-29(33)23-39(30)34)37(42)28-16-18-32(35(22-28)43-3)31-10-6-4-8-26(31)2/h4-19,22H,20-21,23-24H2,1-3H3,(H,38,41). The molecule has 4 aromatic carbocycles. The van der Waals surface area contributed by atoms with Crippen LogP contribution in [0.5, 0.6) is 5.75 Å². The van der Waals surface area contributed by atoms with Gasteiger partial charge in [-0.2, -0.15) is 0 Å². The minimum atomic E-state index is -0.124. The molecular weight excluding hydrogens is 534 g/mol. The quantitative estimate of drug-likeness (QED) is 0.230. The first-order chi connectivity index (χ1) is 20.9. The summed E-state index contributed by atoms with van der Waals surface area (Å²) in [6.07, 6.45) is 0.761. The van der Waals surface area contributed by atoms with Crippen LogP contribution in [0.15, 0.2) is 103 Å². The Labute approximate surface area is 252 Å². The lowest BCUT2D eigenvalue weighted by Gasteiger charge is -2.23. The first-order valence-corrected chi connectivity index (χ1v) is 14.6. The fourth-order valence-electron chi connectivity index (χ4n) is 5.78. The highest BCUT2D eigenvalue weighted by atomic mass is 16.5. The van der Waals surface area contributed by atoms with E-state index in [1.807, 2.05) is 71.3 Å². The first-order valence-electron chi connectivity index (χ1n) is 14.6. The summed E-state index contributed by atoms with van der Waals surface area (Å²) in [4.78, 5) is 29.2. The largest absolute Gasteiger partial charge is 0.496 e. The number of amides is 2. The van der Waals surface area contributed by atoms with E-state index in [1.54, 1.807) is 12.0 Å². The molecule has 5 aromatic rings. The van der Waals surface area contributed by atoms with E-state index in [1.165, 1.54) is 11.1 Å². The highest BCUT2D eigenvalue weighted by Gasteiger charge is 2.28. The SMILES string of the molecule is COc1cc(C(=O)N2Cc3ccc(C(=O)NCCc4ccc(C)cc4)n3Cc3ccccc32)ccc1-c1ccccc1C. The summed E-state index contributed by atoms with van der Waals surface area (Å²) in [6, 6.07) is 33.9. The van der Waals surface area contributed by atoms with Crippen molar-refractivity contribution in [2.45, 2.75) is 33.4 Å². The molecule has 0 spiro atoms. The van der Waals surface area contributed by atoms with E-state index in [9.17, 15) is 9.59 Å². The van der Waals surface area contributed by atoms with E-state index in [0.717, 1.165) is 40.1 Å². The number of carbonyl (C=O) groups excluding carboxylic acids is 2. The lowest BCUT2D eigenvalue weighted by atomic mass is 9.98. The molecule has 1 aliphatic rings. The van der Waals surface area contributed by atoms with Crippen LogP contribution in [0.1, 0.15) is 48.8 Å². The van der Waals surface area contributed by atoms with Crippen LogP contribution in [0.2, 0.25) is 0 Å². The van der Waals surface area contributed by atoms with Crippen molar-refractivity contribution in [1.29, 1.82) is 0 Å². The smallest absolute Gasteiger partial charge is 0.267 e. The molecule has 1 N–H and O–H groups in total. The molecule has 0 saturated heterocycles. The number of hydrogen-bond donors (Lipinski definition) is 1. The van der Waals surface area contributed by atoms with Crippen molar-refractivity contribution in [3.63, 3.8) is 0 Å². The number of nitrogens with one attached hydrogen (secondary N) is 1. The zero-order chi connectivity index (χ0) is 29.9. The van der Waals surface area contributed by atoms with E-state index in [0.29, 0.717) is 36.6 Å². The predicted molar refractivity (Wildman–Crippen MR) is 171 cm³/mol. The maximum Gasteiger partial charge on any atom is 0.267 e. The summed E-state index contributed by atoms with van der Waals surface area (Å²) in [6.45, 7) is 5.52. The monoisotopic (exact) mass is 569 g/mol. The van der Waals surface area contributed by atoms with Crippen molar-refractivity contribution in [2.24, 2.45) is 0 Å². The maximum absolute atomic E-state index is 14.1. The van der Waals surface area contributed by atoms with Gasteiger partial charge in [-0.25, -0.2) is 0 Å². The lowest BCUT2D eigenvalue weighted by molar-refractivity contribution is 0.0944. The average molecular weight is 570 g/mol. The minimum Gasteiger partial charge on any atom is -0.496 e. The Morgan fingerprint density at radius 1 is 0.814 bits per heavy atom. The van der Waals surface area contributed by atoms with Crippen LogP contribution in [-0.2, 0) is 19.5 Å². The van der Waals surface area contributed by atoms with Crippen LogP contribution in [-0.4, -0.2) is 30.0 Å². The van der Waals surface area contributed by atoms with Crippen molar-refractivity contribution in [1.82, 2.24) is 9.88 Å². The van der Waals surface area contributed by atoms with E-state index in [2.05, 4.69) is 55.6 Å². The fourth-order valence-corrected chi connectivity index (χ4v) is 5.78.